The molecule has 1 aliphatic rings. The molecule has 1 heterocycles. The maximum Gasteiger partial charge on any atom is 0.234 e. The van der Waals surface area contributed by atoms with Gasteiger partial charge in [0.15, 0.2) is 0 Å². The molecule has 0 aromatic heterocycles. The summed E-state index contributed by atoms with van der Waals surface area (Å²) in [4.78, 5) is 24.3. The molecule has 1 aliphatic heterocycles. The highest BCUT2D eigenvalue weighted by Gasteiger charge is 2.47. The van der Waals surface area contributed by atoms with Crippen LogP contribution in [-0.2, 0) is 9.59 Å². The number of carbonyl (C=O) groups excluding carboxylic acids is 2. The summed E-state index contributed by atoms with van der Waals surface area (Å²) in [6, 6.07) is 9.88. The average molecular weight is 273 g/mol. The van der Waals surface area contributed by atoms with Crippen LogP contribution in [-0.4, -0.2) is 11.8 Å². The van der Waals surface area contributed by atoms with Crippen molar-refractivity contribution in [3.63, 3.8) is 0 Å². The first-order chi connectivity index (χ1) is 9.63. The maximum absolute atomic E-state index is 12.4. The van der Waals surface area contributed by atoms with E-state index in [1.54, 1.807) is 0 Å². The molecule has 0 aliphatic carbocycles. The van der Waals surface area contributed by atoms with E-state index in [-0.39, 0.29) is 23.1 Å². The number of benzene rings is 1. The molecule has 1 N–H and O–H groups in total. The topological polar surface area (TPSA) is 46.2 Å². The van der Waals surface area contributed by atoms with E-state index >= 15 is 0 Å². The molecule has 3 heteroatoms. The molecule has 1 unspecified atom stereocenters. The minimum Gasteiger partial charge on any atom is -0.296 e. The first-order valence-electron chi connectivity index (χ1n) is 7.51. The van der Waals surface area contributed by atoms with Gasteiger partial charge >= 0.3 is 0 Å². The van der Waals surface area contributed by atoms with Crippen LogP contribution < -0.4 is 5.32 Å². The molecule has 1 saturated heterocycles. The fourth-order valence-electron chi connectivity index (χ4n) is 3.69. The molecule has 1 atom stereocenters. The summed E-state index contributed by atoms with van der Waals surface area (Å²) in [5.74, 6) is -0.459. The van der Waals surface area contributed by atoms with Crippen molar-refractivity contribution >= 4 is 11.8 Å². The summed E-state index contributed by atoms with van der Waals surface area (Å²) in [6.07, 6.45) is 4.27. The fraction of sp³-hybridized carbons (Fsp3) is 0.529. The minimum atomic E-state index is -0.218. The van der Waals surface area contributed by atoms with Crippen molar-refractivity contribution in [2.75, 3.05) is 0 Å². The van der Waals surface area contributed by atoms with Crippen LogP contribution in [0.3, 0.4) is 0 Å². The lowest BCUT2D eigenvalue weighted by molar-refractivity contribution is -0.140. The lowest BCUT2D eigenvalue weighted by atomic mass is 9.62. The summed E-state index contributed by atoms with van der Waals surface area (Å²) >= 11 is 0. The van der Waals surface area contributed by atoms with E-state index in [0.29, 0.717) is 6.42 Å². The molecule has 0 bridgehead atoms. The molecular formula is C17H23NO2. The van der Waals surface area contributed by atoms with Gasteiger partial charge < -0.3 is 0 Å². The van der Waals surface area contributed by atoms with Gasteiger partial charge in [-0.15, -0.1) is 0 Å². The quantitative estimate of drug-likeness (QED) is 0.836. The number of imide groups is 1. The Morgan fingerprint density at radius 2 is 1.70 bits per heavy atom. The zero-order valence-electron chi connectivity index (χ0n) is 12.3. The smallest absolute Gasteiger partial charge is 0.234 e. The third-order valence-electron chi connectivity index (χ3n) is 4.28. The molecule has 2 rings (SSSR count). The molecule has 3 nitrogen and oxygen atoms in total. The number of hydrogen-bond acceptors (Lipinski definition) is 2. The zero-order chi connectivity index (χ0) is 14.6. The van der Waals surface area contributed by atoms with Gasteiger partial charge in [0.25, 0.3) is 0 Å². The Bertz CT molecular complexity index is 475. The largest absolute Gasteiger partial charge is 0.296 e. The van der Waals surface area contributed by atoms with E-state index in [0.717, 1.165) is 31.2 Å². The highest BCUT2D eigenvalue weighted by atomic mass is 16.2. The van der Waals surface area contributed by atoms with Crippen LogP contribution in [0.15, 0.2) is 30.3 Å². The van der Waals surface area contributed by atoms with Gasteiger partial charge in [0, 0.05) is 6.42 Å². The van der Waals surface area contributed by atoms with Crippen LogP contribution in [0.4, 0.5) is 0 Å². The molecule has 0 saturated carbocycles. The average Bonchev–Trinajstić information content (AvgIpc) is 2.39. The second-order valence-electron chi connectivity index (χ2n) is 5.80. The van der Waals surface area contributed by atoms with Gasteiger partial charge in [-0.05, 0) is 23.8 Å². The van der Waals surface area contributed by atoms with Crippen LogP contribution in [0.2, 0.25) is 0 Å². The molecule has 1 aromatic carbocycles. The normalized spacial score (nSPS) is 21.6. The molecule has 108 valence electrons. The predicted octanol–water partition coefficient (Wildman–Crippen LogP) is 3.40. The molecule has 2 amide bonds. The van der Waals surface area contributed by atoms with E-state index in [1.165, 1.54) is 0 Å². The lowest BCUT2D eigenvalue weighted by Crippen LogP contribution is -2.50. The van der Waals surface area contributed by atoms with Crippen LogP contribution in [0, 0.1) is 5.41 Å². The predicted molar refractivity (Wildman–Crippen MR) is 79.2 cm³/mol. The standard InChI is InChI=1S/C17H23NO2/c1-3-10-17(11-4-2)12-14(19)18-16(20)15(17)13-8-6-5-7-9-13/h5-9,15H,3-4,10-12H2,1-2H3,(H,18,19,20). The van der Waals surface area contributed by atoms with E-state index in [9.17, 15) is 9.59 Å². The molecular weight excluding hydrogens is 250 g/mol. The molecule has 0 radical (unpaired) electrons. The summed E-state index contributed by atoms with van der Waals surface area (Å²) in [5, 5.41) is 2.52. The van der Waals surface area contributed by atoms with Crippen LogP contribution in [0.5, 0.6) is 0 Å². The van der Waals surface area contributed by atoms with E-state index < -0.39 is 0 Å². The monoisotopic (exact) mass is 273 g/mol. The summed E-state index contributed by atoms with van der Waals surface area (Å²) in [6.45, 7) is 4.24. The van der Waals surface area contributed by atoms with Gasteiger partial charge in [0.05, 0.1) is 5.92 Å². The van der Waals surface area contributed by atoms with Gasteiger partial charge in [0.2, 0.25) is 11.8 Å². The lowest BCUT2D eigenvalue weighted by Gasteiger charge is -2.43. The van der Waals surface area contributed by atoms with E-state index in [1.807, 2.05) is 30.3 Å². The third kappa shape index (κ3) is 2.77. The number of nitrogens with one attached hydrogen (secondary N) is 1. The summed E-state index contributed by atoms with van der Waals surface area (Å²) < 4.78 is 0. The Morgan fingerprint density at radius 3 is 2.25 bits per heavy atom. The van der Waals surface area contributed by atoms with Crippen molar-refractivity contribution in [1.82, 2.24) is 5.32 Å². The van der Waals surface area contributed by atoms with Crippen molar-refractivity contribution in [3.05, 3.63) is 35.9 Å². The van der Waals surface area contributed by atoms with Crippen LogP contribution in [0.25, 0.3) is 0 Å². The van der Waals surface area contributed by atoms with Crippen molar-refractivity contribution in [2.24, 2.45) is 5.41 Å². The van der Waals surface area contributed by atoms with Gasteiger partial charge in [-0.1, -0.05) is 57.0 Å². The third-order valence-corrected chi connectivity index (χ3v) is 4.28. The second kappa shape index (κ2) is 6.21. The van der Waals surface area contributed by atoms with Gasteiger partial charge in [-0.25, -0.2) is 0 Å². The van der Waals surface area contributed by atoms with E-state index in [4.69, 9.17) is 0 Å². The maximum atomic E-state index is 12.4. The highest BCUT2D eigenvalue weighted by Crippen LogP contribution is 2.48. The Kier molecular flexibility index (Phi) is 4.58. The number of rotatable bonds is 5. The molecule has 0 spiro atoms. The van der Waals surface area contributed by atoms with Crippen LogP contribution in [0.1, 0.15) is 57.4 Å². The Labute approximate surface area is 120 Å². The SMILES string of the molecule is CCCC1(CCC)CC(=O)NC(=O)C1c1ccccc1. The van der Waals surface area contributed by atoms with Gasteiger partial charge in [-0.2, -0.15) is 0 Å². The van der Waals surface area contributed by atoms with Crippen molar-refractivity contribution in [1.29, 1.82) is 0 Å². The van der Waals surface area contributed by atoms with Gasteiger partial charge in [0.1, 0.15) is 0 Å². The number of hydrogen-bond donors (Lipinski definition) is 1. The molecule has 20 heavy (non-hydrogen) atoms. The first-order valence-corrected chi connectivity index (χ1v) is 7.51. The van der Waals surface area contributed by atoms with Crippen molar-refractivity contribution in [3.8, 4) is 0 Å². The summed E-state index contributed by atoms with van der Waals surface area (Å²) in [5.41, 5.74) is 0.809. The van der Waals surface area contributed by atoms with Gasteiger partial charge in [-0.3, -0.25) is 14.9 Å². The Balaban J connectivity index is 2.46. The first kappa shape index (κ1) is 14.8. The van der Waals surface area contributed by atoms with Crippen molar-refractivity contribution < 1.29 is 9.59 Å². The Morgan fingerprint density at radius 1 is 1.10 bits per heavy atom. The van der Waals surface area contributed by atoms with Crippen LogP contribution >= 0.6 is 0 Å². The number of amides is 2. The zero-order valence-corrected chi connectivity index (χ0v) is 12.3. The molecule has 1 aromatic rings. The van der Waals surface area contributed by atoms with Crippen molar-refractivity contribution in [2.45, 2.75) is 51.9 Å². The number of carbonyl (C=O) groups is 2. The Hall–Kier alpha value is -1.64. The highest BCUT2D eigenvalue weighted by molar-refractivity contribution is 6.02. The number of piperidine rings is 1. The van der Waals surface area contributed by atoms with E-state index in [2.05, 4.69) is 19.2 Å². The second-order valence-corrected chi connectivity index (χ2v) is 5.80. The minimum absolute atomic E-state index is 0.121. The summed E-state index contributed by atoms with van der Waals surface area (Å²) in [7, 11) is 0. The molecule has 1 fully saturated rings. The fourth-order valence-corrected chi connectivity index (χ4v) is 3.69.